The Morgan fingerprint density at radius 3 is 3.00 bits per heavy atom. The summed E-state index contributed by atoms with van der Waals surface area (Å²) in [7, 11) is 0. The standard InChI is InChI=1S/C18H15NO3S/c1-2-21-12-8-7-11-9-13(18(20)22-15(11)10-12)17-19-14-5-3-4-6-16(14)23-17/h3-8,10,13H,2,9H2,1H3. The number of hydrogen-bond acceptors (Lipinski definition) is 5. The second-order valence-electron chi connectivity index (χ2n) is 5.40. The van der Waals surface area contributed by atoms with Crippen LogP contribution < -0.4 is 9.47 Å². The number of nitrogens with zero attached hydrogens (tertiary/aromatic N) is 1. The molecule has 1 unspecified atom stereocenters. The van der Waals surface area contributed by atoms with E-state index in [2.05, 4.69) is 4.98 Å². The number of thiazole rings is 1. The summed E-state index contributed by atoms with van der Waals surface area (Å²) in [5, 5.41) is 0.815. The largest absolute Gasteiger partial charge is 0.494 e. The Morgan fingerprint density at radius 2 is 2.17 bits per heavy atom. The fourth-order valence-corrected chi connectivity index (χ4v) is 3.82. The zero-order valence-electron chi connectivity index (χ0n) is 12.6. The Balaban J connectivity index is 1.68. The van der Waals surface area contributed by atoms with Crippen LogP contribution >= 0.6 is 11.3 Å². The Hall–Kier alpha value is -2.40. The third-order valence-corrected chi connectivity index (χ3v) is 5.03. The van der Waals surface area contributed by atoms with E-state index in [0.717, 1.165) is 26.5 Å². The van der Waals surface area contributed by atoms with Crippen molar-refractivity contribution in [2.24, 2.45) is 0 Å². The molecule has 3 aromatic rings. The third-order valence-electron chi connectivity index (χ3n) is 3.88. The van der Waals surface area contributed by atoms with Crippen molar-refractivity contribution in [1.29, 1.82) is 0 Å². The van der Waals surface area contributed by atoms with Crippen LogP contribution in [0.5, 0.6) is 11.5 Å². The minimum Gasteiger partial charge on any atom is -0.494 e. The summed E-state index contributed by atoms with van der Waals surface area (Å²) in [5.41, 5.74) is 1.94. The highest BCUT2D eigenvalue weighted by Gasteiger charge is 2.32. The number of benzene rings is 2. The second-order valence-corrected chi connectivity index (χ2v) is 6.46. The van der Waals surface area contributed by atoms with Gasteiger partial charge in [-0.3, -0.25) is 4.79 Å². The zero-order valence-corrected chi connectivity index (χ0v) is 13.4. The van der Waals surface area contributed by atoms with Gasteiger partial charge in [-0.15, -0.1) is 11.3 Å². The topological polar surface area (TPSA) is 48.4 Å². The minimum atomic E-state index is -0.335. The van der Waals surface area contributed by atoms with Crippen LogP contribution in [0.1, 0.15) is 23.4 Å². The number of ether oxygens (including phenoxy) is 2. The predicted octanol–water partition coefficient (Wildman–Crippen LogP) is 3.94. The van der Waals surface area contributed by atoms with Gasteiger partial charge in [0.1, 0.15) is 22.4 Å². The Kier molecular flexibility index (Phi) is 3.50. The molecular formula is C18H15NO3S. The van der Waals surface area contributed by atoms with Crippen molar-refractivity contribution in [2.75, 3.05) is 6.61 Å². The lowest BCUT2D eigenvalue weighted by Gasteiger charge is -2.22. The molecule has 0 saturated heterocycles. The molecular weight excluding hydrogens is 310 g/mol. The molecule has 1 atom stereocenters. The van der Waals surface area contributed by atoms with E-state index < -0.39 is 0 Å². The molecule has 1 aromatic heterocycles. The van der Waals surface area contributed by atoms with Crippen LogP contribution in [0.2, 0.25) is 0 Å². The summed E-state index contributed by atoms with van der Waals surface area (Å²) in [5.74, 6) is 0.735. The highest BCUT2D eigenvalue weighted by Crippen LogP contribution is 2.38. The summed E-state index contributed by atoms with van der Waals surface area (Å²) in [6.45, 7) is 2.51. The first-order valence-electron chi connectivity index (χ1n) is 7.57. The molecule has 2 heterocycles. The van der Waals surface area contributed by atoms with Crippen LogP contribution in [0, 0.1) is 0 Å². The lowest BCUT2D eigenvalue weighted by molar-refractivity contribution is -0.137. The lowest BCUT2D eigenvalue weighted by Crippen LogP contribution is -2.25. The molecule has 4 rings (SSSR count). The first-order chi connectivity index (χ1) is 11.2. The number of hydrogen-bond donors (Lipinski definition) is 0. The molecule has 5 heteroatoms. The zero-order chi connectivity index (χ0) is 15.8. The van der Waals surface area contributed by atoms with Crippen LogP contribution in [0.15, 0.2) is 42.5 Å². The molecule has 4 nitrogen and oxygen atoms in total. The average molecular weight is 325 g/mol. The van der Waals surface area contributed by atoms with Crippen molar-refractivity contribution >= 4 is 27.5 Å². The average Bonchev–Trinajstić information content (AvgIpc) is 2.98. The lowest BCUT2D eigenvalue weighted by atomic mass is 9.96. The van der Waals surface area contributed by atoms with Crippen molar-refractivity contribution < 1.29 is 14.3 Å². The molecule has 1 aliphatic rings. The third kappa shape index (κ3) is 2.57. The number of rotatable bonds is 3. The highest BCUT2D eigenvalue weighted by molar-refractivity contribution is 7.18. The Bertz CT molecular complexity index is 854. The summed E-state index contributed by atoms with van der Waals surface area (Å²) in [6.07, 6.45) is 0.612. The molecule has 0 radical (unpaired) electrons. The number of carbonyl (C=O) groups is 1. The minimum absolute atomic E-state index is 0.245. The first-order valence-corrected chi connectivity index (χ1v) is 8.39. The summed E-state index contributed by atoms with van der Waals surface area (Å²) < 4.78 is 12.1. The number of carbonyl (C=O) groups excluding carboxylic acids is 1. The van der Waals surface area contributed by atoms with Crippen molar-refractivity contribution in [3.63, 3.8) is 0 Å². The van der Waals surface area contributed by atoms with E-state index >= 15 is 0 Å². The van der Waals surface area contributed by atoms with Crippen molar-refractivity contribution in [2.45, 2.75) is 19.3 Å². The van der Waals surface area contributed by atoms with Gasteiger partial charge in [-0.1, -0.05) is 18.2 Å². The van der Waals surface area contributed by atoms with E-state index in [1.165, 1.54) is 0 Å². The molecule has 0 amide bonds. The maximum atomic E-state index is 12.4. The van der Waals surface area contributed by atoms with E-state index in [0.29, 0.717) is 18.8 Å². The van der Waals surface area contributed by atoms with E-state index in [9.17, 15) is 4.79 Å². The van der Waals surface area contributed by atoms with Gasteiger partial charge in [-0.05, 0) is 37.1 Å². The summed E-state index contributed by atoms with van der Waals surface area (Å²) >= 11 is 1.56. The van der Waals surface area contributed by atoms with Crippen molar-refractivity contribution in [1.82, 2.24) is 4.98 Å². The van der Waals surface area contributed by atoms with Crippen LogP contribution in [-0.4, -0.2) is 17.6 Å². The number of para-hydroxylation sites is 1. The highest BCUT2D eigenvalue weighted by atomic mass is 32.1. The van der Waals surface area contributed by atoms with Crippen LogP contribution in [0.4, 0.5) is 0 Å². The van der Waals surface area contributed by atoms with Crippen molar-refractivity contribution in [3.05, 3.63) is 53.0 Å². The van der Waals surface area contributed by atoms with E-state index in [-0.39, 0.29) is 11.9 Å². The molecule has 0 bridgehead atoms. The molecule has 0 N–H and O–H groups in total. The van der Waals surface area contributed by atoms with Gasteiger partial charge in [0.05, 0.1) is 16.8 Å². The van der Waals surface area contributed by atoms with E-state index in [1.807, 2.05) is 43.3 Å². The smallest absolute Gasteiger partial charge is 0.321 e. The normalized spacial score (nSPS) is 16.9. The number of fused-ring (bicyclic) bond motifs is 2. The first kappa shape index (κ1) is 14.2. The van der Waals surface area contributed by atoms with Crippen LogP contribution in [-0.2, 0) is 11.2 Å². The fraction of sp³-hybridized carbons (Fsp3) is 0.222. The van der Waals surface area contributed by atoms with Crippen LogP contribution in [0.3, 0.4) is 0 Å². The molecule has 0 saturated carbocycles. The van der Waals surface area contributed by atoms with E-state index in [4.69, 9.17) is 9.47 Å². The molecule has 0 aliphatic carbocycles. The molecule has 2 aromatic carbocycles. The van der Waals surface area contributed by atoms with Gasteiger partial charge in [-0.25, -0.2) is 4.98 Å². The molecule has 1 aliphatic heterocycles. The SMILES string of the molecule is CCOc1ccc2c(c1)OC(=O)C(c1nc3ccccc3s1)C2. The van der Waals surface area contributed by atoms with Gasteiger partial charge in [0, 0.05) is 6.07 Å². The van der Waals surface area contributed by atoms with Crippen molar-refractivity contribution in [3.8, 4) is 11.5 Å². The predicted molar refractivity (Wildman–Crippen MR) is 89.3 cm³/mol. The summed E-state index contributed by atoms with van der Waals surface area (Å²) in [6, 6.07) is 13.6. The molecule has 23 heavy (non-hydrogen) atoms. The molecule has 0 fully saturated rings. The quantitative estimate of drug-likeness (QED) is 0.540. The number of aromatic nitrogens is 1. The Morgan fingerprint density at radius 1 is 1.30 bits per heavy atom. The fourth-order valence-electron chi connectivity index (χ4n) is 2.76. The maximum Gasteiger partial charge on any atom is 0.321 e. The van der Waals surface area contributed by atoms with Gasteiger partial charge in [-0.2, -0.15) is 0 Å². The van der Waals surface area contributed by atoms with Gasteiger partial charge in [0.25, 0.3) is 0 Å². The second kappa shape index (κ2) is 5.66. The molecule has 116 valence electrons. The summed E-state index contributed by atoms with van der Waals surface area (Å²) in [4.78, 5) is 17.0. The Labute approximate surface area is 137 Å². The van der Waals surface area contributed by atoms with Gasteiger partial charge >= 0.3 is 5.97 Å². The maximum absolute atomic E-state index is 12.4. The molecule has 0 spiro atoms. The number of esters is 1. The van der Waals surface area contributed by atoms with Gasteiger partial charge in [0.2, 0.25) is 0 Å². The monoisotopic (exact) mass is 325 g/mol. The van der Waals surface area contributed by atoms with Gasteiger partial charge in [0.15, 0.2) is 0 Å². The van der Waals surface area contributed by atoms with E-state index in [1.54, 1.807) is 17.4 Å². The van der Waals surface area contributed by atoms with Gasteiger partial charge < -0.3 is 9.47 Å². The van der Waals surface area contributed by atoms with Crippen LogP contribution in [0.25, 0.3) is 10.2 Å².